The molecule has 1 amide bonds. The Morgan fingerprint density at radius 3 is 2.48 bits per heavy atom. The second kappa shape index (κ2) is 9.88. The van der Waals surface area contributed by atoms with Crippen LogP contribution in [0.4, 0.5) is 0 Å². The van der Waals surface area contributed by atoms with Gasteiger partial charge < -0.3 is 14.5 Å². The standard InChI is InChI=1S/C26H33N3O4/c1-16(2)24(22-13-23(28-33-22)26(3,4)5)25(32)29-15-19(30)12-20(29)21(31)11-10-17-6-8-18(14-27)9-7-17/h6-9,13,16,19-20,24,30H,10-12,15H2,1-5H3. The number of Topliss-reactive ketones (excluding diaryl/α,β-unsaturated/α-hetero) is 1. The number of rotatable bonds is 7. The Hall–Kier alpha value is -2.98. The van der Waals surface area contributed by atoms with E-state index in [9.17, 15) is 14.7 Å². The minimum absolute atomic E-state index is 0.0644. The predicted molar refractivity (Wildman–Crippen MR) is 123 cm³/mol. The molecule has 7 heteroatoms. The van der Waals surface area contributed by atoms with Crippen molar-refractivity contribution in [2.24, 2.45) is 5.92 Å². The zero-order chi connectivity index (χ0) is 24.3. The molecule has 2 heterocycles. The molecule has 176 valence electrons. The van der Waals surface area contributed by atoms with E-state index in [-0.39, 0.29) is 42.4 Å². The van der Waals surface area contributed by atoms with E-state index in [4.69, 9.17) is 9.78 Å². The first-order valence-corrected chi connectivity index (χ1v) is 11.5. The third-order valence-electron chi connectivity index (χ3n) is 6.21. The van der Waals surface area contributed by atoms with Crippen LogP contribution in [0.1, 0.15) is 76.0 Å². The van der Waals surface area contributed by atoms with E-state index < -0.39 is 18.1 Å². The van der Waals surface area contributed by atoms with Crippen molar-refractivity contribution in [3.63, 3.8) is 0 Å². The van der Waals surface area contributed by atoms with Crippen LogP contribution >= 0.6 is 0 Å². The lowest BCUT2D eigenvalue weighted by Crippen LogP contribution is -2.44. The smallest absolute Gasteiger partial charge is 0.234 e. The number of nitriles is 1. The highest BCUT2D eigenvalue weighted by Gasteiger charge is 2.43. The molecule has 1 aromatic heterocycles. The third-order valence-corrected chi connectivity index (χ3v) is 6.21. The lowest BCUT2D eigenvalue weighted by molar-refractivity contribution is -0.140. The summed E-state index contributed by atoms with van der Waals surface area (Å²) in [5, 5.41) is 23.4. The Bertz CT molecular complexity index is 1030. The van der Waals surface area contributed by atoms with Crippen LogP contribution in [-0.4, -0.2) is 45.5 Å². The molecule has 0 spiro atoms. The molecule has 3 atom stereocenters. The van der Waals surface area contributed by atoms with E-state index in [2.05, 4.69) is 11.2 Å². The number of carbonyl (C=O) groups is 2. The molecule has 0 bridgehead atoms. The Balaban J connectivity index is 1.75. The van der Waals surface area contributed by atoms with Crippen molar-refractivity contribution in [1.82, 2.24) is 10.1 Å². The minimum Gasteiger partial charge on any atom is -0.391 e. The molecule has 1 aliphatic heterocycles. The van der Waals surface area contributed by atoms with E-state index in [0.29, 0.717) is 17.7 Å². The van der Waals surface area contributed by atoms with Gasteiger partial charge in [0.1, 0.15) is 11.7 Å². The van der Waals surface area contributed by atoms with Crippen LogP contribution in [0.2, 0.25) is 0 Å². The molecule has 0 radical (unpaired) electrons. The minimum atomic E-state index is -0.731. The number of hydrogen-bond acceptors (Lipinski definition) is 6. The largest absolute Gasteiger partial charge is 0.391 e. The highest BCUT2D eigenvalue weighted by Crippen LogP contribution is 2.33. The first kappa shape index (κ1) is 24.7. The molecule has 0 saturated carbocycles. The van der Waals surface area contributed by atoms with Crippen LogP contribution in [0.5, 0.6) is 0 Å². The van der Waals surface area contributed by atoms with Crippen LogP contribution < -0.4 is 0 Å². The number of nitrogens with zero attached hydrogens (tertiary/aromatic N) is 3. The molecule has 2 aromatic rings. The topological polar surface area (TPSA) is 107 Å². The van der Waals surface area contributed by atoms with Gasteiger partial charge in [0.25, 0.3) is 0 Å². The van der Waals surface area contributed by atoms with Gasteiger partial charge in [-0.1, -0.05) is 51.9 Å². The fourth-order valence-electron chi connectivity index (χ4n) is 4.25. The van der Waals surface area contributed by atoms with E-state index >= 15 is 0 Å². The van der Waals surface area contributed by atoms with Crippen molar-refractivity contribution in [3.05, 3.63) is 52.9 Å². The highest BCUT2D eigenvalue weighted by atomic mass is 16.5. The van der Waals surface area contributed by atoms with E-state index in [0.717, 1.165) is 11.3 Å². The summed E-state index contributed by atoms with van der Waals surface area (Å²) in [5.41, 5.74) is 2.09. The second-order valence-corrected chi connectivity index (χ2v) is 10.3. The number of β-amino-alcohol motifs (C(OH)–C–C–N with tert-alkyl or cyclic N) is 1. The lowest BCUT2D eigenvalue weighted by atomic mass is 9.88. The van der Waals surface area contributed by atoms with Gasteiger partial charge in [0.2, 0.25) is 5.91 Å². The molecule has 33 heavy (non-hydrogen) atoms. The van der Waals surface area contributed by atoms with Crippen molar-refractivity contribution in [2.45, 2.75) is 77.4 Å². The van der Waals surface area contributed by atoms with Gasteiger partial charge in [0, 0.05) is 30.9 Å². The number of aryl methyl sites for hydroxylation is 1. The first-order chi connectivity index (χ1) is 15.5. The first-order valence-electron chi connectivity index (χ1n) is 11.5. The van der Waals surface area contributed by atoms with Crippen molar-refractivity contribution >= 4 is 11.7 Å². The maximum atomic E-state index is 13.6. The van der Waals surface area contributed by atoms with Crippen molar-refractivity contribution in [2.75, 3.05) is 6.54 Å². The summed E-state index contributed by atoms with van der Waals surface area (Å²) in [4.78, 5) is 28.2. The average Bonchev–Trinajstić information content (AvgIpc) is 3.39. The van der Waals surface area contributed by atoms with Gasteiger partial charge in [0.15, 0.2) is 5.78 Å². The highest BCUT2D eigenvalue weighted by molar-refractivity contribution is 5.92. The molecule has 7 nitrogen and oxygen atoms in total. The Labute approximate surface area is 195 Å². The van der Waals surface area contributed by atoms with Crippen molar-refractivity contribution in [1.29, 1.82) is 5.26 Å². The molecule has 1 saturated heterocycles. The van der Waals surface area contributed by atoms with Crippen LogP contribution in [0, 0.1) is 17.2 Å². The van der Waals surface area contributed by atoms with Gasteiger partial charge in [-0.15, -0.1) is 0 Å². The second-order valence-electron chi connectivity index (χ2n) is 10.3. The summed E-state index contributed by atoms with van der Waals surface area (Å²) in [6.07, 6.45) is 0.289. The Kier molecular flexibility index (Phi) is 7.38. The van der Waals surface area contributed by atoms with Crippen molar-refractivity contribution in [3.8, 4) is 6.07 Å². The van der Waals surface area contributed by atoms with Crippen LogP contribution in [-0.2, 0) is 21.4 Å². The quantitative estimate of drug-likeness (QED) is 0.687. The molecule has 3 rings (SSSR count). The third kappa shape index (κ3) is 5.69. The number of aliphatic hydroxyl groups excluding tert-OH is 1. The Morgan fingerprint density at radius 2 is 1.94 bits per heavy atom. The van der Waals surface area contributed by atoms with Gasteiger partial charge in [-0.25, -0.2) is 0 Å². The molecular weight excluding hydrogens is 418 g/mol. The van der Waals surface area contributed by atoms with Gasteiger partial charge in [-0.2, -0.15) is 5.26 Å². The van der Waals surface area contributed by atoms with Crippen LogP contribution in [0.3, 0.4) is 0 Å². The summed E-state index contributed by atoms with van der Waals surface area (Å²) >= 11 is 0. The molecule has 1 aromatic carbocycles. The monoisotopic (exact) mass is 451 g/mol. The fourth-order valence-corrected chi connectivity index (χ4v) is 4.25. The van der Waals surface area contributed by atoms with E-state index in [1.165, 1.54) is 4.90 Å². The van der Waals surface area contributed by atoms with Gasteiger partial charge in [0.05, 0.1) is 29.5 Å². The molecule has 1 aliphatic rings. The zero-order valence-corrected chi connectivity index (χ0v) is 20.0. The molecule has 1 fully saturated rings. The normalized spacial score (nSPS) is 19.5. The number of hydrogen-bond donors (Lipinski definition) is 1. The molecule has 3 unspecified atom stereocenters. The molecular formula is C26H33N3O4. The Morgan fingerprint density at radius 1 is 1.27 bits per heavy atom. The number of likely N-dealkylation sites (tertiary alicyclic amines) is 1. The van der Waals surface area contributed by atoms with Crippen LogP contribution in [0.15, 0.2) is 34.9 Å². The fraction of sp³-hybridized carbons (Fsp3) is 0.538. The van der Waals surface area contributed by atoms with E-state index in [1.54, 1.807) is 12.1 Å². The summed E-state index contributed by atoms with van der Waals surface area (Å²) in [6, 6.07) is 10.4. The van der Waals surface area contributed by atoms with Gasteiger partial charge >= 0.3 is 0 Å². The summed E-state index contributed by atoms with van der Waals surface area (Å²) in [7, 11) is 0. The number of carbonyl (C=O) groups excluding carboxylic acids is 2. The molecule has 1 N–H and O–H groups in total. The number of aliphatic hydroxyl groups is 1. The average molecular weight is 452 g/mol. The lowest BCUT2D eigenvalue weighted by Gasteiger charge is -2.28. The van der Waals surface area contributed by atoms with Crippen molar-refractivity contribution < 1.29 is 19.2 Å². The maximum Gasteiger partial charge on any atom is 0.234 e. The molecule has 0 aliphatic carbocycles. The zero-order valence-electron chi connectivity index (χ0n) is 20.0. The summed E-state index contributed by atoms with van der Waals surface area (Å²) in [6.45, 7) is 10.1. The SMILES string of the molecule is CC(C)C(C(=O)N1CC(O)CC1C(=O)CCc1ccc(C#N)cc1)c1cc(C(C)(C)C)no1. The van der Waals surface area contributed by atoms with E-state index in [1.807, 2.05) is 52.8 Å². The maximum absolute atomic E-state index is 13.6. The predicted octanol–water partition coefficient (Wildman–Crippen LogP) is 3.75. The van der Waals surface area contributed by atoms with Crippen LogP contribution in [0.25, 0.3) is 0 Å². The number of benzene rings is 1. The number of aromatic nitrogens is 1. The number of amides is 1. The summed E-state index contributed by atoms with van der Waals surface area (Å²) < 4.78 is 5.57. The van der Waals surface area contributed by atoms with Gasteiger partial charge in [-0.3, -0.25) is 9.59 Å². The summed E-state index contributed by atoms with van der Waals surface area (Å²) in [5.74, 6) is -0.433. The van der Waals surface area contributed by atoms with Gasteiger partial charge in [-0.05, 0) is 30.0 Å². The number of ketones is 1.